The Labute approximate surface area is 226 Å². The van der Waals surface area contributed by atoms with E-state index in [9.17, 15) is 4.79 Å². The predicted octanol–water partition coefficient (Wildman–Crippen LogP) is 4.47. The van der Waals surface area contributed by atoms with E-state index in [-0.39, 0.29) is 11.9 Å². The third-order valence-corrected chi connectivity index (χ3v) is 7.07. The molecular formula is C31H38N6O. The van der Waals surface area contributed by atoms with Gasteiger partial charge in [-0.15, -0.1) is 0 Å². The van der Waals surface area contributed by atoms with Crippen molar-refractivity contribution in [2.24, 2.45) is 10.9 Å². The lowest BCUT2D eigenvalue weighted by Crippen LogP contribution is -2.27. The van der Waals surface area contributed by atoms with Crippen molar-refractivity contribution in [3.63, 3.8) is 0 Å². The molecule has 1 aromatic heterocycles. The van der Waals surface area contributed by atoms with Crippen LogP contribution in [0, 0.1) is 17.8 Å². The Bertz CT molecular complexity index is 1340. The fraction of sp³-hybridized carbons (Fsp3) is 0.419. The minimum atomic E-state index is -0.142. The number of hydrogen-bond donors (Lipinski definition) is 1. The number of carbonyl (C=O) groups is 1. The molecule has 4 rings (SSSR count). The van der Waals surface area contributed by atoms with Crippen molar-refractivity contribution in [3.05, 3.63) is 71.2 Å². The zero-order chi connectivity index (χ0) is 27.4. The minimum Gasteiger partial charge on any atom is -0.383 e. The van der Waals surface area contributed by atoms with Crippen molar-refractivity contribution in [1.29, 1.82) is 0 Å². The minimum absolute atomic E-state index is 0.0700. The van der Waals surface area contributed by atoms with Crippen molar-refractivity contribution >= 4 is 23.0 Å². The second-order valence-corrected chi connectivity index (χ2v) is 10.9. The van der Waals surface area contributed by atoms with Gasteiger partial charge in [0.15, 0.2) is 0 Å². The average Bonchev–Trinajstić information content (AvgIpc) is 3.48. The number of amides is 1. The summed E-state index contributed by atoms with van der Waals surface area (Å²) < 4.78 is 0. The van der Waals surface area contributed by atoms with Gasteiger partial charge in [-0.2, -0.15) is 0 Å². The normalized spacial score (nSPS) is 18.6. The van der Waals surface area contributed by atoms with Crippen LogP contribution in [0.15, 0.2) is 48.2 Å². The summed E-state index contributed by atoms with van der Waals surface area (Å²) in [6.07, 6.45) is 6.83. The van der Waals surface area contributed by atoms with E-state index in [4.69, 9.17) is 10.7 Å². The maximum atomic E-state index is 12.6. The number of nitrogen functional groups attached to an aromatic ring is 1. The van der Waals surface area contributed by atoms with E-state index in [1.807, 2.05) is 36.9 Å². The summed E-state index contributed by atoms with van der Waals surface area (Å²) in [5.74, 6) is 7.78. The summed E-state index contributed by atoms with van der Waals surface area (Å²) in [5, 5.41) is 0. The highest BCUT2D eigenvalue weighted by Crippen LogP contribution is 2.37. The Morgan fingerprint density at radius 3 is 2.76 bits per heavy atom. The molecular weight excluding hydrogens is 472 g/mol. The lowest BCUT2D eigenvalue weighted by atomic mass is 9.95. The van der Waals surface area contributed by atoms with Gasteiger partial charge in [0, 0.05) is 31.3 Å². The molecule has 7 heteroatoms. The smallest absolute Gasteiger partial charge is 0.246 e. The Hall–Kier alpha value is -3.76. The lowest BCUT2D eigenvalue weighted by Gasteiger charge is -2.16. The number of anilines is 1. The first-order chi connectivity index (χ1) is 18.1. The Morgan fingerprint density at radius 1 is 1.26 bits per heavy atom. The Kier molecular flexibility index (Phi) is 8.43. The lowest BCUT2D eigenvalue weighted by molar-refractivity contribution is -0.125. The van der Waals surface area contributed by atoms with Crippen LogP contribution in [-0.2, 0) is 4.79 Å². The van der Waals surface area contributed by atoms with Crippen LogP contribution in [0.2, 0.25) is 0 Å². The van der Waals surface area contributed by atoms with Crippen LogP contribution in [0.3, 0.4) is 0 Å². The van der Waals surface area contributed by atoms with E-state index in [2.05, 4.69) is 60.4 Å². The van der Waals surface area contributed by atoms with Gasteiger partial charge in [0.25, 0.3) is 0 Å². The van der Waals surface area contributed by atoms with Gasteiger partial charge in [0.2, 0.25) is 5.91 Å². The van der Waals surface area contributed by atoms with Crippen molar-refractivity contribution in [2.45, 2.75) is 45.6 Å². The predicted molar refractivity (Wildman–Crippen MR) is 155 cm³/mol. The number of aromatic nitrogens is 2. The maximum Gasteiger partial charge on any atom is 0.246 e. The molecule has 0 bridgehead atoms. The molecule has 1 saturated heterocycles. The van der Waals surface area contributed by atoms with Crippen molar-refractivity contribution in [2.75, 3.05) is 39.5 Å². The highest BCUT2D eigenvalue weighted by molar-refractivity contribution is 6.18. The molecule has 0 saturated carbocycles. The number of allylic oxidation sites excluding steroid dienone is 1. The Balaban J connectivity index is 1.54. The highest BCUT2D eigenvalue weighted by Gasteiger charge is 2.33. The standard InChI is InChI=1S/C31H38N6O/c1-20(2)24-14-22(15-25(17-24)21(3)4)9-10-26-29-30(33-19-34-31(29)32)27(35-26)16-23-11-13-37(18-23)28(38)8-7-12-36(5)6/h7-8,14-15,17,19,21,23,27H,1,11-13,16,18H2,2-6H3,(H2,32,33,34)/b8-7+/t23-,27?/m1/s1. The number of benzene rings is 1. The number of nitrogens with zero attached hydrogens (tertiary/aromatic N) is 5. The first-order valence-electron chi connectivity index (χ1n) is 13.2. The number of aliphatic imine (C=N–C) groups is 1. The van der Waals surface area contributed by atoms with Crippen LogP contribution in [0.25, 0.3) is 5.57 Å². The van der Waals surface area contributed by atoms with E-state index in [0.717, 1.165) is 60.4 Å². The molecule has 2 aliphatic heterocycles. The number of carbonyl (C=O) groups excluding carboxylic acids is 1. The molecule has 3 heterocycles. The van der Waals surface area contributed by atoms with Gasteiger partial charge in [-0.25, -0.2) is 9.97 Å². The van der Waals surface area contributed by atoms with Crippen LogP contribution in [0.5, 0.6) is 0 Å². The molecule has 2 aliphatic rings. The number of likely N-dealkylation sites (tertiary alicyclic amines) is 1. The van der Waals surface area contributed by atoms with Crippen LogP contribution in [0.1, 0.15) is 73.5 Å². The highest BCUT2D eigenvalue weighted by atomic mass is 16.2. The van der Waals surface area contributed by atoms with Crippen LogP contribution in [-0.4, -0.2) is 65.1 Å². The first-order valence-corrected chi connectivity index (χ1v) is 13.2. The topological polar surface area (TPSA) is 87.7 Å². The quantitative estimate of drug-likeness (QED) is 0.439. The van der Waals surface area contributed by atoms with Gasteiger partial charge in [0.05, 0.1) is 17.3 Å². The fourth-order valence-corrected chi connectivity index (χ4v) is 4.90. The second kappa shape index (κ2) is 11.7. The summed E-state index contributed by atoms with van der Waals surface area (Å²) in [7, 11) is 3.97. The number of nitrogens with two attached hydrogens (primary N) is 1. The molecule has 1 fully saturated rings. The van der Waals surface area contributed by atoms with Crippen molar-refractivity contribution < 1.29 is 4.79 Å². The third-order valence-electron chi connectivity index (χ3n) is 7.07. The molecule has 7 nitrogen and oxygen atoms in total. The second-order valence-electron chi connectivity index (χ2n) is 10.9. The third kappa shape index (κ3) is 6.38. The van der Waals surface area contributed by atoms with Gasteiger partial charge in [-0.1, -0.05) is 44.1 Å². The Morgan fingerprint density at radius 2 is 2.05 bits per heavy atom. The molecule has 2 atom stereocenters. The molecule has 2 aromatic rings. The molecule has 2 N–H and O–H groups in total. The van der Waals surface area contributed by atoms with E-state index in [1.54, 1.807) is 6.08 Å². The molecule has 38 heavy (non-hydrogen) atoms. The van der Waals surface area contributed by atoms with Gasteiger partial charge in [-0.05, 0) is 74.9 Å². The van der Waals surface area contributed by atoms with Gasteiger partial charge < -0.3 is 15.5 Å². The van der Waals surface area contributed by atoms with E-state index in [1.165, 1.54) is 11.9 Å². The number of likely N-dealkylation sites (N-methyl/N-ethyl adjacent to an activating group) is 1. The van der Waals surface area contributed by atoms with Crippen molar-refractivity contribution in [1.82, 2.24) is 19.8 Å². The van der Waals surface area contributed by atoms with Crippen LogP contribution in [0.4, 0.5) is 5.82 Å². The monoisotopic (exact) mass is 510 g/mol. The van der Waals surface area contributed by atoms with Crippen molar-refractivity contribution in [3.8, 4) is 11.8 Å². The number of hydrogen-bond acceptors (Lipinski definition) is 6. The summed E-state index contributed by atoms with van der Waals surface area (Å²) in [6, 6.07) is 6.23. The summed E-state index contributed by atoms with van der Waals surface area (Å²) in [5.41, 5.74) is 12.7. The average molecular weight is 511 g/mol. The molecule has 1 unspecified atom stereocenters. The molecule has 0 radical (unpaired) electrons. The molecule has 0 spiro atoms. The SMILES string of the molecule is C=C(C)c1cc(C#CC2=NC(C[C@H]3CCN(C(=O)/C=C/CN(C)C)C3)c3ncnc(N)c32)cc(C(C)C)c1. The van der Waals surface area contributed by atoms with Crippen LogP contribution < -0.4 is 5.73 Å². The zero-order valence-corrected chi connectivity index (χ0v) is 23.2. The number of rotatable bonds is 7. The summed E-state index contributed by atoms with van der Waals surface area (Å²) in [4.78, 5) is 30.3. The number of fused-ring (bicyclic) bond motifs is 1. The molecule has 1 amide bonds. The summed E-state index contributed by atoms with van der Waals surface area (Å²) in [6.45, 7) is 12.7. The molecule has 0 aliphatic carbocycles. The van der Waals surface area contributed by atoms with E-state index < -0.39 is 0 Å². The largest absolute Gasteiger partial charge is 0.383 e. The van der Waals surface area contributed by atoms with E-state index in [0.29, 0.717) is 23.4 Å². The molecule has 198 valence electrons. The maximum absolute atomic E-state index is 12.6. The molecule has 1 aromatic carbocycles. The van der Waals surface area contributed by atoms with E-state index >= 15 is 0 Å². The zero-order valence-electron chi connectivity index (χ0n) is 23.2. The fourth-order valence-electron chi connectivity index (χ4n) is 4.90. The first kappa shape index (κ1) is 27.3. The van der Waals surface area contributed by atoms with Gasteiger partial charge >= 0.3 is 0 Å². The van der Waals surface area contributed by atoms with Gasteiger partial charge in [0.1, 0.15) is 17.9 Å². The summed E-state index contributed by atoms with van der Waals surface area (Å²) >= 11 is 0. The van der Waals surface area contributed by atoms with Gasteiger partial charge in [-0.3, -0.25) is 9.79 Å². The van der Waals surface area contributed by atoms with Crippen LogP contribution >= 0.6 is 0 Å².